The van der Waals surface area contributed by atoms with Crippen molar-refractivity contribution < 1.29 is 14.3 Å². The third kappa shape index (κ3) is 4.29. The highest BCUT2D eigenvalue weighted by Crippen LogP contribution is 2.13. The highest BCUT2D eigenvalue weighted by atomic mass is 19.1. The molecule has 3 N–H and O–H groups in total. The first kappa shape index (κ1) is 15.0. The molecule has 2 rings (SSSR count). The summed E-state index contributed by atoms with van der Waals surface area (Å²) < 4.78 is 13.4. The maximum Gasteiger partial charge on any atom is 0.319 e. The second-order valence-electron chi connectivity index (χ2n) is 4.71. The Morgan fingerprint density at radius 1 is 1.19 bits per heavy atom. The SMILES string of the molecule is CC(O)c1ccc(CNC(=O)Nc2ccccc2F)cc1. The van der Waals surface area contributed by atoms with Crippen molar-refractivity contribution in [1.82, 2.24) is 5.32 Å². The molecule has 0 saturated heterocycles. The van der Waals surface area contributed by atoms with Crippen LogP contribution in [0.5, 0.6) is 0 Å². The number of carbonyl (C=O) groups excluding carboxylic acids is 1. The topological polar surface area (TPSA) is 61.4 Å². The van der Waals surface area contributed by atoms with Crippen LogP contribution in [-0.2, 0) is 6.54 Å². The summed E-state index contributed by atoms with van der Waals surface area (Å²) in [6.07, 6.45) is -0.517. The first-order valence-corrected chi connectivity index (χ1v) is 6.62. The number of urea groups is 1. The van der Waals surface area contributed by atoms with Gasteiger partial charge in [0.2, 0.25) is 0 Å². The number of rotatable bonds is 4. The average molecular weight is 288 g/mol. The van der Waals surface area contributed by atoms with E-state index >= 15 is 0 Å². The lowest BCUT2D eigenvalue weighted by Crippen LogP contribution is -2.28. The molecule has 0 saturated carbocycles. The minimum atomic E-state index is -0.517. The molecule has 1 unspecified atom stereocenters. The lowest BCUT2D eigenvalue weighted by atomic mass is 10.1. The second kappa shape index (κ2) is 6.85. The highest BCUT2D eigenvalue weighted by molar-refractivity contribution is 5.89. The first-order valence-electron chi connectivity index (χ1n) is 6.62. The molecule has 1 atom stereocenters. The van der Waals surface area contributed by atoms with Gasteiger partial charge in [-0.05, 0) is 30.2 Å². The van der Waals surface area contributed by atoms with Gasteiger partial charge in [-0.25, -0.2) is 9.18 Å². The van der Waals surface area contributed by atoms with Crippen LogP contribution in [0.2, 0.25) is 0 Å². The van der Waals surface area contributed by atoms with Gasteiger partial charge in [0.05, 0.1) is 11.8 Å². The molecule has 0 aliphatic rings. The second-order valence-corrected chi connectivity index (χ2v) is 4.71. The van der Waals surface area contributed by atoms with Gasteiger partial charge in [-0.1, -0.05) is 36.4 Å². The molecule has 0 heterocycles. The zero-order valence-electron chi connectivity index (χ0n) is 11.6. The van der Waals surface area contributed by atoms with E-state index in [0.717, 1.165) is 11.1 Å². The van der Waals surface area contributed by atoms with E-state index in [1.165, 1.54) is 12.1 Å². The molecule has 0 fully saturated rings. The van der Waals surface area contributed by atoms with Crippen LogP contribution in [0.3, 0.4) is 0 Å². The van der Waals surface area contributed by atoms with Gasteiger partial charge in [-0.2, -0.15) is 0 Å². The highest BCUT2D eigenvalue weighted by Gasteiger charge is 2.06. The Hall–Kier alpha value is -2.40. The largest absolute Gasteiger partial charge is 0.389 e. The van der Waals surface area contributed by atoms with E-state index < -0.39 is 18.0 Å². The summed E-state index contributed by atoms with van der Waals surface area (Å²) in [4.78, 5) is 11.7. The predicted molar refractivity (Wildman–Crippen MR) is 79.3 cm³/mol. The maximum absolute atomic E-state index is 13.4. The number of carbonyl (C=O) groups is 1. The molecule has 5 heteroatoms. The van der Waals surface area contributed by atoms with E-state index in [2.05, 4.69) is 10.6 Å². The van der Waals surface area contributed by atoms with Gasteiger partial charge in [0.25, 0.3) is 0 Å². The van der Waals surface area contributed by atoms with Crippen LogP contribution >= 0.6 is 0 Å². The fourth-order valence-corrected chi connectivity index (χ4v) is 1.83. The van der Waals surface area contributed by atoms with Gasteiger partial charge in [-0.3, -0.25) is 0 Å². The van der Waals surface area contributed by atoms with Crippen molar-refractivity contribution in [3.8, 4) is 0 Å². The minimum absolute atomic E-state index is 0.138. The number of para-hydroxylation sites is 1. The molecule has 2 aromatic rings. The summed E-state index contributed by atoms with van der Waals surface area (Å²) in [6, 6.07) is 12.8. The number of benzene rings is 2. The van der Waals surface area contributed by atoms with E-state index in [9.17, 15) is 14.3 Å². The molecule has 0 bridgehead atoms. The van der Waals surface area contributed by atoms with Crippen LogP contribution in [0.15, 0.2) is 48.5 Å². The Kier molecular flexibility index (Phi) is 4.90. The van der Waals surface area contributed by atoms with Crippen molar-refractivity contribution in [2.45, 2.75) is 19.6 Å². The fraction of sp³-hybridized carbons (Fsp3) is 0.188. The molecule has 4 nitrogen and oxygen atoms in total. The Morgan fingerprint density at radius 3 is 2.48 bits per heavy atom. The van der Waals surface area contributed by atoms with Crippen molar-refractivity contribution in [2.75, 3.05) is 5.32 Å². The lowest BCUT2D eigenvalue weighted by Gasteiger charge is -2.09. The van der Waals surface area contributed by atoms with Crippen LogP contribution in [0.4, 0.5) is 14.9 Å². The van der Waals surface area contributed by atoms with Crippen LogP contribution in [0, 0.1) is 5.82 Å². The van der Waals surface area contributed by atoms with Gasteiger partial charge in [-0.15, -0.1) is 0 Å². The maximum atomic E-state index is 13.4. The van der Waals surface area contributed by atoms with Crippen molar-refractivity contribution >= 4 is 11.7 Å². The summed E-state index contributed by atoms with van der Waals surface area (Å²) in [5, 5.41) is 14.5. The Morgan fingerprint density at radius 2 is 1.86 bits per heavy atom. The van der Waals surface area contributed by atoms with Crippen molar-refractivity contribution in [3.63, 3.8) is 0 Å². The fourth-order valence-electron chi connectivity index (χ4n) is 1.83. The summed E-state index contributed by atoms with van der Waals surface area (Å²) >= 11 is 0. The van der Waals surface area contributed by atoms with Gasteiger partial charge < -0.3 is 15.7 Å². The van der Waals surface area contributed by atoms with Gasteiger partial charge in [0.15, 0.2) is 0 Å². The molecule has 2 amide bonds. The molecule has 0 aliphatic carbocycles. The molecule has 0 aliphatic heterocycles. The predicted octanol–water partition coefficient (Wildman–Crippen LogP) is 3.20. The number of aliphatic hydroxyl groups excluding tert-OH is 1. The number of aliphatic hydroxyl groups is 1. The summed E-state index contributed by atoms with van der Waals surface area (Å²) in [6.45, 7) is 2.01. The van der Waals surface area contributed by atoms with E-state index in [1.807, 2.05) is 12.1 Å². The van der Waals surface area contributed by atoms with Crippen molar-refractivity contribution in [2.24, 2.45) is 0 Å². The summed E-state index contributed by atoms with van der Waals surface area (Å²) in [7, 11) is 0. The molecule has 0 spiro atoms. The van der Waals surface area contributed by atoms with Gasteiger partial charge >= 0.3 is 6.03 Å². The Bertz CT molecular complexity index is 612. The monoisotopic (exact) mass is 288 g/mol. The molecular formula is C16H17FN2O2. The van der Waals surface area contributed by atoms with Crippen LogP contribution in [-0.4, -0.2) is 11.1 Å². The quantitative estimate of drug-likeness (QED) is 0.809. The Labute approximate surface area is 122 Å². The zero-order chi connectivity index (χ0) is 15.2. The normalized spacial score (nSPS) is 11.8. The van der Waals surface area contributed by atoms with E-state index in [1.54, 1.807) is 31.2 Å². The first-order chi connectivity index (χ1) is 10.1. The summed E-state index contributed by atoms with van der Waals surface area (Å²) in [5.74, 6) is -0.478. The standard InChI is InChI=1S/C16H17FN2O2/c1-11(20)13-8-6-12(7-9-13)10-18-16(21)19-15-5-3-2-4-14(15)17/h2-9,11,20H,10H2,1H3,(H2,18,19,21). The molecular weight excluding hydrogens is 271 g/mol. The van der Waals surface area contributed by atoms with Crippen molar-refractivity contribution in [1.29, 1.82) is 0 Å². The third-order valence-corrected chi connectivity index (χ3v) is 3.04. The molecule has 110 valence electrons. The zero-order valence-corrected chi connectivity index (χ0v) is 11.6. The van der Waals surface area contributed by atoms with Gasteiger partial charge in [0, 0.05) is 6.54 Å². The molecule has 2 aromatic carbocycles. The van der Waals surface area contributed by atoms with Gasteiger partial charge in [0.1, 0.15) is 5.82 Å². The number of amides is 2. The van der Waals surface area contributed by atoms with Crippen LogP contribution in [0.25, 0.3) is 0 Å². The Balaban J connectivity index is 1.88. The lowest BCUT2D eigenvalue weighted by molar-refractivity contribution is 0.199. The van der Waals surface area contributed by atoms with E-state index in [-0.39, 0.29) is 5.69 Å². The molecule has 0 aromatic heterocycles. The number of nitrogens with one attached hydrogen (secondary N) is 2. The smallest absolute Gasteiger partial charge is 0.319 e. The number of hydrogen-bond donors (Lipinski definition) is 3. The van der Waals surface area contributed by atoms with Crippen molar-refractivity contribution in [3.05, 3.63) is 65.5 Å². The third-order valence-electron chi connectivity index (χ3n) is 3.04. The average Bonchev–Trinajstić information content (AvgIpc) is 2.48. The van der Waals surface area contributed by atoms with E-state index in [4.69, 9.17) is 0 Å². The number of halogens is 1. The molecule has 21 heavy (non-hydrogen) atoms. The van der Waals surface area contributed by atoms with Crippen LogP contribution < -0.4 is 10.6 Å². The van der Waals surface area contributed by atoms with E-state index in [0.29, 0.717) is 6.54 Å². The van der Waals surface area contributed by atoms with Crippen LogP contribution in [0.1, 0.15) is 24.2 Å². The minimum Gasteiger partial charge on any atom is -0.389 e. The summed E-state index contributed by atoms with van der Waals surface area (Å²) in [5.41, 5.74) is 1.84. The number of anilines is 1. The molecule has 0 radical (unpaired) electrons. The number of hydrogen-bond acceptors (Lipinski definition) is 2.